The van der Waals surface area contributed by atoms with Gasteiger partial charge in [0.25, 0.3) is 5.78 Å². The lowest BCUT2D eigenvalue weighted by atomic mass is 10.1. The van der Waals surface area contributed by atoms with Crippen LogP contribution in [0.15, 0.2) is 24.3 Å². The minimum Gasteiger partial charge on any atom is -0.465 e. The Morgan fingerprint density at radius 3 is 2.60 bits per heavy atom. The summed E-state index contributed by atoms with van der Waals surface area (Å²) in [6, 6.07) is 4.85. The fourth-order valence-electron chi connectivity index (χ4n) is 1.33. The molecule has 0 radical (unpaired) electrons. The number of ketones is 1. The van der Waals surface area contributed by atoms with Crippen molar-refractivity contribution in [2.45, 2.75) is 19.5 Å². The Balaban J connectivity index is 2.82. The number of Topliss-reactive ketones (excluding diaryl/α,β-unsaturated/α-hetero) is 1. The van der Waals surface area contributed by atoms with Gasteiger partial charge in [-0.25, -0.2) is 0 Å². The number of alkyl halides is 3. The molecule has 20 heavy (non-hydrogen) atoms. The highest BCUT2D eigenvalue weighted by Crippen LogP contribution is 2.21. The zero-order valence-corrected chi connectivity index (χ0v) is 10.6. The number of hydrogen-bond acceptors (Lipinski definition) is 3. The highest BCUT2D eigenvalue weighted by molar-refractivity contribution is 6.00. The molecule has 1 rings (SSSR count). The molecule has 0 aliphatic heterocycles. The standard InChI is InChI=1S/C14H11F3O3/c1-2-20-12(18)8-4-6-10-5-3-7-11(9-10)13(19)14(15,16)17/h3,5,7,9H,2,8H2,1H3. The van der Waals surface area contributed by atoms with Crippen molar-refractivity contribution in [3.8, 4) is 11.8 Å². The molecule has 1 aromatic rings. The molecule has 6 heteroatoms. The van der Waals surface area contributed by atoms with Crippen LogP contribution in [0.1, 0.15) is 29.3 Å². The number of benzene rings is 1. The zero-order chi connectivity index (χ0) is 15.2. The molecule has 0 fully saturated rings. The molecular formula is C14H11F3O3. The van der Waals surface area contributed by atoms with Gasteiger partial charge >= 0.3 is 12.1 Å². The summed E-state index contributed by atoms with van der Waals surface area (Å²) in [5.41, 5.74) is -0.259. The van der Waals surface area contributed by atoms with Crippen molar-refractivity contribution in [1.29, 1.82) is 0 Å². The Hall–Kier alpha value is -2.29. The van der Waals surface area contributed by atoms with Crippen LogP contribution in [0.25, 0.3) is 0 Å². The Morgan fingerprint density at radius 2 is 2.00 bits per heavy atom. The van der Waals surface area contributed by atoms with Gasteiger partial charge in [0.15, 0.2) is 0 Å². The van der Waals surface area contributed by atoms with Crippen LogP contribution in [-0.2, 0) is 9.53 Å². The van der Waals surface area contributed by atoms with Crippen LogP contribution in [0.2, 0.25) is 0 Å². The van der Waals surface area contributed by atoms with Crippen molar-refractivity contribution in [3.63, 3.8) is 0 Å². The topological polar surface area (TPSA) is 43.4 Å². The van der Waals surface area contributed by atoms with E-state index in [0.29, 0.717) is 0 Å². The van der Waals surface area contributed by atoms with E-state index in [9.17, 15) is 22.8 Å². The second kappa shape index (κ2) is 6.75. The van der Waals surface area contributed by atoms with Crippen molar-refractivity contribution >= 4 is 11.8 Å². The van der Waals surface area contributed by atoms with E-state index < -0.39 is 23.5 Å². The van der Waals surface area contributed by atoms with Crippen LogP contribution in [0.5, 0.6) is 0 Å². The highest BCUT2D eigenvalue weighted by Gasteiger charge is 2.39. The van der Waals surface area contributed by atoms with Crippen LogP contribution >= 0.6 is 0 Å². The summed E-state index contributed by atoms with van der Waals surface area (Å²) in [6.45, 7) is 1.88. The predicted molar refractivity (Wildman–Crippen MR) is 65.0 cm³/mol. The van der Waals surface area contributed by atoms with E-state index in [1.807, 2.05) is 0 Å². The number of rotatable bonds is 3. The van der Waals surface area contributed by atoms with Gasteiger partial charge in [0, 0.05) is 11.1 Å². The van der Waals surface area contributed by atoms with E-state index in [4.69, 9.17) is 0 Å². The van der Waals surface area contributed by atoms with E-state index in [0.717, 1.165) is 12.1 Å². The van der Waals surface area contributed by atoms with E-state index in [2.05, 4.69) is 16.6 Å². The maximum Gasteiger partial charge on any atom is 0.454 e. The second-order valence-electron chi connectivity index (χ2n) is 3.69. The van der Waals surface area contributed by atoms with E-state index in [-0.39, 0.29) is 18.6 Å². The molecule has 0 bridgehead atoms. The molecular weight excluding hydrogens is 273 g/mol. The van der Waals surface area contributed by atoms with Gasteiger partial charge in [0.1, 0.15) is 6.42 Å². The number of carbonyl (C=O) groups is 2. The van der Waals surface area contributed by atoms with Crippen LogP contribution in [-0.4, -0.2) is 24.5 Å². The SMILES string of the molecule is CCOC(=O)CC#Cc1cccc(C(=O)C(F)(F)F)c1. The van der Waals surface area contributed by atoms with Crippen LogP contribution in [0.4, 0.5) is 13.2 Å². The fraction of sp³-hybridized carbons (Fsp3) is 0.286. The highest BCUT2D eigenvalue weighted by atomic mass is 19.4. The van der Waals surface area contributed by atoms with Gasteiger partial charge in [-0.3, -0.25) is 9.59 Å². The molecule has 0 N–H and O–H groups in total. The first kappa shape index (κ1) is 15.8. The number of halogens is 3. The van der Waals surface area contributed by atoms with Gasteiger partial charge in [-0.15, -0.1) is 0 Å². The fourth-order valence-corrected chi connectivity index (χ4v) is 1.33. The molecule has 0 heterocycles. The Kier molecular flexibility index (Phi) is 5.32. The van der Waals surface area contributed by atoms with Crippen molar-refractivity contribution < 1.29 is 27.5 Å². The van der Waals surface area contributed by atoms with Gasteiger partial charge in [-0.05, 0) is 19.1 Å². The lowest BCUT2D eigenvalue weighted by Crippen LogP contribution is -2.22. The van der Waals surface area contributed by atoms with E-state index >= 15 is 0 Å². The first-order valence-electron chi connectivity index (χ1n) is 5.70. The predicted octanol–water partition coefficient (Wildman–Crippen LogP) is 2.74. The third kappa shape index (κ3) is 4.76. The van der Waals surface area contributed by atoms with Crippen molar-refractivity contribution in [1.82, 2.24) is 0 Å². The molecule has 106 valence electrons. The summed E-state index contributed by atoms with van der Waals surface area (Å²) < 4.78 is 41.4. The third-order valence-electron chi connectivity index (χ3n) is 2.15. The van der Waals surface area contributed by atoms with Crippen molar-refractivity contribution in [2.24, 2.45) is 0 Å². The lowest BCUT2D eigenvalue weighted by molar-refractivity contribution is -0.141. The van der Waals surface area contributed by atoms with Crippen molar-refractivity contribution in [3.05, 3.63) is 35.4 Å². The molecule has 0 saturated carbocycles. The van der Waals surface area contributed by atoms with E-state index in [1.165, 1.54) is 12.1 Å². The quantitative estimate of drug-likeness (QED) is 0.487. The number of carbonyl (C=O) groups excluding carboxylic acids is 2. The maximum absolute atomic E-state index is 12.3. The maximum atomic E-state index is 12.3. The molecule has 0 aliphatic carbocycles. The number of hydrogen-bond donors (Lipinski definition) is 0. The van der Waals surface area contributed by atoms with Crippen LogP contribution in [0.3, 0.4) is 0 Å². The molecule has 0 aromatic heterocycles. The summed E-state index contributed by atoms with van der Waals surface area (Å²) in [6.07, 6.45) is -5.08. The van der Waals surface area contributed by atoms with Gasteiger partial charge in [-0.1, -0.05) is 24.0 Å². The second-order valence-corrected chi connectivity index (χ2v) is 3.69. The van der Waals surface area contributed by atoms with Gasteiger partial charge in [0.2, 0.25) is 0 Å². The molecule has 0 atom stereocenters. The molecule has 0 amide bonds. The molecule has 3 nitrogen and oxygen atoms in total. The minimum atomic E-state index is -4.92. The average molecular weight is 284 g/mol. The summed E-state index contributed by atoms with van der Waals surface area (Å²) in [5.74, 6) is 2.55. The van der Waals surface area contributed by atoms with Gasteiger partial charge in [-0.2, -0.15) is 13.2 Å². The molecule has 1 aromatic carbocycles. The van der Waals surface area contributed by atoms with Crippen LogP contribution in [0, 0.1) is 11.8 Å². The minimum absolute atomic E-state index is 0.161. The summed E-state index contributed by atoms with van der Waals surface area (Å²) in [7, 11) is 0. The number of ether oxygens (including phenoxy) is 1. The normalized spacial score (nSPS) is 10.4. The molecule has 0 spiro atoms. The third-order valence-corrected chi connectivity index (χ3v) is 2.15. The van der Waals surface area contributed by atoms with Gasteiger partial charge < -0.3 is 4.74 Å². The first-order chi connectivity index (χ1) is 9.34. The summed E-state index contributed by atoms with van der Waals surface area (Å²) in [4.78, 5) is 22.1. The number of esters is 1. The van der Waals surface area contributed by atoms with Gasteiger partial charge in [0.05, 0.1) is 6.61 Å². The Morgan fingerprint density at radius 1 is 1.30 bits per heavy atom. The zero-order valence-electron chi connectivity index (χ0n) is 10.6. The molecule has 0 aliphatic rings. The lowest BCUT2D eigenvalue weighted by Gasteiger charge is -2.04. The molecule has 0 unspecified atom stereocenters. The first-order valence-corrected chi connectivity index (χ1v) is 5.70. The van der Waals surface area contributed by atoms with Crippen molar-refractivity contribution in [2.75, 3.05) is 6.61 Å². The Labute approximate surface area is 113 Å². The molecule has 0 saturated heterocycles. The van der Waals surface area contributed by atoms with Crippen LogP contribution < -0.4 is 0 Å². The summed E-state index contributed by atoms with van der Waals surface area (Å²) >= 11 is 0. The van der Waals surface area contributed by atoms with E-state index in [1.54, 1.807) is 6.92 Å². The Bertz CT molecular complexity index is 565. The monoisotopic (exact) mass is 284 g/mol. The average Bonchev–Trinajstić information content (AvgIpc) is 2.37. The largest absolute Gasteiger partial charge is 0.465 e. The summed E-state index contributed by atoms with van der Waals surface area (Å²) in [5, 5.41) is 0. The smallest absolute Gasteiger partial charge is 0.454 e.